The second-order valence-corrected chi connectivity index (χ2v) is 5.60. The molecular weight excluding hydrogens is 498 g/mol. The fourth-order valence-corrected chi connectivity index (χ4v) is 2.08. The van der Waals surface area contributed by atoms with Gasteiger partial charge in [-0.2, -0.15) is 47.9 Å². The zero-order valence-electron chi connectivity index (χ0n) is 10.8. The van der Waals surface area contributed by atoms with Gasteiger partial charge in [-0.05, 0) is 12.1 Å². The fourth-order valence-electron chi connectivity index (χ4n) is 1.17. The monoisotopic (exact) mass is 504 g/mol. The lowest BCUT2D eigenvalue weighted by molar-refractivity contribution is -0.382. The zero-order chi connectivity index (χ0) is 18.3. The van der Waals surface area contributed by atoms with Crippen molar-refractivity contribution < 1.29 is 52.1 Å². The average molecular weight is 504 g/mol. The number of para-hydroxylation sites is 1. The third-order valence-corrected chi connectivity index (χ3v) is 3.68. The molecule has 0 radical (unpaired) electrons. The molecule has 0 aromatic heterocycles. The van der Waals surface area contributed by atoms with E-state index in [1.807, 2.05) is 0 Å². The lowest BCUT2D eigenvalue weighted by atomic mass is 10.1. The Bertz CT molecular complexity index is 658. The molecule has 0 N–H and O–H groups in total. The van der Waals surface area contributed by atoms with Crippen LogP contribution in [0, 0.1) is 0 Å². The Hall–Kier alpha value is -0.930. The van der Waals surface area contributed by atoms with E-state index in [1.165, 1.54) is 6.07 Å². The van der Waals surface area contributed by atoms with Crippen molar-refractivity contribution in [1.29, 1.82) is 0 Å². The number of alkyl halides is 9. The molecule has 140 valence electrons. The van der Waals surface area contributed by atoms with Gasteiger partial charge in [0.25, 0.3) is 0 Å². The van der Waals surface area contributed by atoms with Crippen LogP contribution in [0.5, 0.6) is 5.75 Å². The van der Waals surface area contributed by atoms with Crippen LogP contribution < -0.4 is 4.18 Å². The van der Waals surface area contributed by atoms with Crippen molar-refractivity contribution in [1.82, 2.24) is 0 Å². The Morgan fingerprint density at radius 2 is 1.17 bits per heavy atom. The molecular formula is C10H6F9IO3S. The molecule has 0 saturated heterocycles. The van der Waals surface area contributed by atoms with Crippen molar-refractivity contribution in [2.45, 2.75) is 23.3 Å². The third kappa shape index (κ3) is 3.67. The van der Waals surface area contributed by atoms with E-state index in [0.29, 0.717) is 12.1 Å². The van der Waals surface area contributed by atoms with Gasteiger partial charge in [0.15, 0.2) is 0 Å². The van der Waals surface area contributed by atoms with Crippen molar-refractivity contribution >= 4 is 34.1 Å². The predicted molar refractivity (Wildman–Crippen MR) is 72.3 cm³/mol. The van der Waals surface area contributed by atoms with E-state index < -0.39 is 39.1 Å². The van der Waals surface area contributed by atoms with E-state index in [9.17, 15) is 47.9 Å². The molecule has 0 unspecified atom stereocenters. The summed E-state index contributed by atoms with van der Waals surface area (Å²) in [5.41, 5.74) is 0. The van der Waals surface area contributed by atoms with Crippen molar-refractivity contribution in [3.8, 4) is 5.75 Å². The quantitative estimate of drug-likeness (QED) is 0.339. The highest BCUT2D eigenvalue weighted by molar-refractivity contribution is 14.0. The number of halogens is 10. The highest BCUT2D eigenvalue weighted by Gasteiger charge is 2.86. The Morgan fingerprint density at radius 1 is 0.750 bits per heavy atom. The van der Waals surface area contributed by atoms with Crippen molar-refractivity contribution in [2.24, 2.45) is 0 Å². The normalized spacial score (nSPS) is 14.0. The number of rotatable bonds is 5. The van der Waals surface area contributed by atoms with Gasteiger partial charge in [0.05, 0.1) is 0 Å². The SMILES string of the molecule is I.O=S(=O)(Oc1ccccc1)C(F)(F)C(F)(F)C(F)(F)C(F)(F)F. The first kappa shape index (κ1) is 23.1. The molecule has 0 aliphatic rings. The summed E-state index contributed by atoms with van der Waals surface area (Å²) in [5, 5.41) is -6.87. The van der Waals surface area contributed by atoms with Crippen molar-refractivity contribution in [2.75, 3.05) is 0 Å². The molecule has 3 nitrogen and oxygen atoms in total. The Kier molecular flexibility index (Phi) is 6.50. The van der Waals surface area contributed by atoms with Gasteiger partial charge in [0.2, 0.25) is 0 Å². The summed E-state index contributed by atoms with van der Waals surface area (Å²) in [6.07, 6.45) is -7.12. The van der Waals surface area contributed by atoms with E-state index >= 15 is 0 Å². The summed E-state index contributed by atoms with van der Waals surface area (Å²) in [5.74, 6) is -15.6. The van der Waals surface area contributed by atoms with Gasteiger partial charge in [-0.25, -0.2) is 0 Å². The van der Waals surface area contributed by atoms with E-state index in [-0.39, 0.29) is 24.0 Å². The number of benzene rings is 1. The van der Waals surface area contributed by atoms with Crippen molar-refractivity contribution in [3.63, 3.8) is 0 Å². The van der Waals surface area contributed by atoms with Crippen LogP contribution in [0.2, 0.25) is 0 Å². The molecule has 0 atom stereocenters. The van der Waals surface area contributed by atoms with Gasteiger partial charge in [-0.3, -0.25) is 0 Å². The standard InChI is InChI=1S/C10H5F9O3S.HI/c11-7(12,9(15,16)17)8(13,14)10(18,19)23(20,21)22-6-4-2-1-3-5-6;/h1-5H;1H. The van der Waals surface area contributed by atoms with E-state index in [0.717, 1.165) is 12.1 Å². The summed E-state index contributed by atoms with van der Waals surface area (Å²) in [6.45, 7) is 0. The smallest absolute Gasteiger partial charge is 0.378 e. The molecule has 0 bridgehead atoms. The summed E-state index contributed by atoms with van der Waals surface area (Å²) in [4.78, 5) is 0. The minimum atomic E-state index is -7.32. The van der Waals surface area contributed by atoms with E-state index in [1.54, 1.807) is 0 Å². The third-order valence-electron chi connectivity index (χ3n) is 2.38. The van der Waals surface area contributed by atoms with Crippen LogP contribution in [-0.4, -0.2) is 31.7 Å². The molecule has 0 aliphatic heterocycles. The minimum Gasteiger partial charge on any atom is -0.378 e. The molecule has 0 fully saturated rings. The van der Waals surface area contributed by atoms with Crippen molar-refractivity contribution in [3.05, 3.63) is 30.3 Å². The highest BCUT2D eigenvalue weighted by atomic mass is 127. The molecule has 0 aliphatic carbocycles. The molecule has 0 saturated carbocycles. The average Bonchev–Trinajstić information content (AvgIpc) is 2.37. The molecule has 1 aromatic carbocycles. The molecule has 1 rings (SSSR count). The van der Waals surface area contributed by atoms with Gasteiger partial charge in [-0.15, -0.1) is 24.0 Å². The topological polar surface area (TPSA) is 43.4 Å². The lowest BCUT2D eigenvalue weighted by Gasteiger charge is -2.32. The number of hydrogen-bond acceptors (Lipinski definition) is 3. The van der Waals surface area contributed by atoms with Crippen LogP contribution in [-0.2, 0) is 10.1 Å². The number of hydrogen-bond donors (Lipinski definition) is 0. The Labute approximate surface area is 145 Å². The molecule has 0 heterocycles. The van der Waals surface area contributed by atoms with Gasteiger partial charge >= 0.3 is 33.4 Å². The Morgan fingerprint density at radius 3 is 1.54 bits per heavy atom. The fraction of sp³-hybridized carbons (Fsp3) is 0.400. The summed E-state index contributed by atoms with van der Waals surface area (Å²) < 4.78 is 139. The van der Waals surface area contributed by atoms with Gasteiger partial charge in [0.1, 0.15) is 5.75 Å². The summed E-state index contributed by atoms with van der Waals surface area (Å²) >= 11 is 0. The first-order valence-electron chi connectivity index (χ1n) is 5.27. The van der Waals surface area contributed by atoms with Crippen LogP contribution in [0.3, 0.4) is 0 Å². The Balaban J connectivity index is 0.00000529. The largest absolute Gasteiger partial charge is 0.460 e. The maximum absolute atomic E-state index is 13.2. The maximum Gasteiger partial charge on any atom is 0.460 e. The summed E-state index contributed by atoms with van der Waals surface area (Å²) in [6, 6.07) is 4.59. The van der Waals surface area contributed by atoms with Crippen LogP contribution >= 0.6 is 24.0 Å². The van der Waals surface area contributed by atoms with Crippen LogP contribution in [0.15, 0.2) is 30.3 Å². The molecule has 0 spiro atoms. The molecule has 0 amide bonds. The van der Waals surface area contributed by atoms with Gasteiger partial charge in [-0.1, -0.05) is 18.2 Å². The van der Waals surface area contributed by atoms with Gasteiger partial charge in [0, 0.05) is 0 Å². The van der Waals surface area contributed by atoms with Gasteiger partial charge < -0.3 is 4.18 Å². The van der Waals surface area contributed by atoms with Crippen LogP contribution in [0.25, 0.3) is 0 Å². The zero-order valence-corrected chi connectivity index (χ0v) is 14.0. The molecule has 24 heavy (non-hydrogen) atoms. The maximum atomic E-state index is 13.2. The highest BCUT2D eigenvalue weighted by Crippen LogP contribution is 2.54. The van der Waals surface area contributed by atoms with E-state index in [4.69, 9.17) is 0 Å². The first-order valence-corrected chi connectivity index (χ1v) is 6.68. The van der Waals surface area contributed by atoms with Crippen LogP contribution in [0.4, 0.5) is 39.5 Å². The van der Waals surface area contributed by atoms with Crippen LogP contribution in [0.1, 0.15) is 0 Å². The summed E-state index contributed by atoms with van der Waals surface area (Å²) in [7, 11) is -6.88. The van der Waals surface area contributed by atoms with E-state index in [2.05, 4.69) is 4.18 Å². The minimum absolute atomic E-state index is 0. The second-order valence-electron chi connectivity index (χ2n) is 4.01. The first-order chi connectivity index (χ1) is 10.1. The second kappa shape index (κ2) is 6.76. The predicted octanol–water partition coefficient (Wildman–Crippen LogP) is 4.44. The lowest BCUT2D eigenvalue weighted by Crippen LogP contribution is -2.63. The molecule has 1 aromatic rings. The molecule has 14 heteroatoms.